The zero-order valence-electron chi connectivity index (χ0n) is 12.2. The molecule has 0 amide bonds. The maximum Gasteiger partial charge on any atom is 0.216 e. The first-order valence-corrected chi connectivity index (χ1v) is 8.85. The number of nitrogens with one attached hydrogen (secondary N) is 1. The van der Waals surface area contributed by atoms with E-state index in [0.29, 0.717) is 17.5 Å². The minimum atomic E-state index is -3.29. The molecule has 1 aliphatic rings. The number of nitrogen functional groups attached to an aromatic ring is 1. The van der Waals surface area contributed by atoms with Crippen molar-refractivity contribution >= 4 is 15.7 Å². The monoisotopic (exact) mass is 296 g/mol. The second kappa shape index (κ2) is 6.14. The molecule has 112 valence electrons. The van der Waals surface area contributed by atoms with Gasteiger partial charge < -0.3 is 5.73 Å². The maximum atomic E-state index is 12.2. The van der Waals surface area contributed by atoms with Crippen molar-refractivity contribution in [2.24, 2.45) is 11.8 Å². The molecule has 4 nitrogen and oxygen atoms in total. The van der Waals surface area contributed by atoms with Gasteiger partial charge in [-0.05, 0) is 48.8 Å². The molecular weight excluding hydrogens is 272 g/mol. The Bertz CT molecular complexity index is 539. The molecule has 0 bridgehead atoms. The lowest BCUT2D eigenvalue weighted by atomic mass is 9.80. The topological polar surface area (TPSA) is 72.2 Å². The summed E-state index contributed by atoms with van der Waals surface area (Å²) >= 11 is 0. The van der Waals surface area contributed by atoms with Gasteiger partial charge in [-0.3, -0.25) is 0 Å². The average Bonchev–Trinajstić information content (AvgIpc) is 2.35. The highest BCUT2D eigenvalue weighted by Crippen LogP contribution is 2.29. The van der Waals surface area contributed by atoms with Crippen molar-refractivity contribution in [3.8, 4) is 0 Å². The van der Waals surface area contributed by atoms with Gasteiger partial charge in [-0.15, -0.1) is 0 Å². The summed E-state index contributed by atoms with van der Waals surface area (Å²) in [5.74, 6) is 1.12. The summed E-state index contributed by atoms with van der Waals surface area (Å²) in [5.41, 5.74) is 7.02. The number of hydrogen-bond donors (Lipinski definition) is 2. The van der Waals surface area contributed by atoms with Crippen molar-refractivity contribution in [1.82, 2.24) is 4.72 Å². The molecule has 0 radical (unpaired) electrons. The number of hydrogen-bond acceptors (Lipinski definition) is 3. The van der Waals surface area contributed by atoms with E-state index in [2.05, 4.69) is 18.6 Å². The van der Waals surface area contributed by atoms with Crippen LogP contribution in [0.4, 0.5) is 5.69 Å². The molecule has 1 saturated carbocycles. The first-order valence-electron chi connectivity index (χ1n) is 7.20. The lowest BCUT2D eigenvalue weighted by Gasteiger charge is -2.32. The Morgan fingerprint density at radius 1 is 1.20 bits per heavy atom. The van der Waals surface area contributed by atoms with Gasteiger partial charge in [0.25, 0.3) is 0 Å². The number of anilines is 1. The van der Waals surface area contributed by atoms with Gasteiger partial charge in [-0.2, -0.15) is 0 Å². The van der Waals surface area contributed by atoms with E-state index in [1.807, 2.05) is 0 Å². The van der Waals surface area contributed by atoms with Crippen LogP contribution in [0, 0.1) is 11.8 Å². The first-order chi connectivity index (χ1) is 9.35. The molecule has 1 aromatic rings. The fourth-order valence-corrected chi connectivity index (χ4v) is 4.47. The van der Waals surface area contributed by atoms with Crippen LogP contribution in [0.3, 0.4) is 0 Å². The van der Waals surface area contributed by atoms with Crippen molar-refractivity contribution in [2.45, 2.75) is 44.9 Å². The van der Waals surface area contributed by atoms with Gasteiger partial charge in [0, 0.05) is 11.7 Å². The quantitative estimate of drug-likeness (QED) is 0.839. The summed E-state index contributed by atoms with van der Waals surface area (Å²) in [6.45, 7) is 4.36. The van der Waals surface area contributed by atoms with E-state index in [4.69, 9.17) is 5.73 Å². The molecular formula is C15H24N2O2S. The fourth-order valence-electron chi connectivity index (χ4n) is 2.95. The second-order valence-corrected chi connectivity index (χ2v) is 7.87. The Morgan fingerprint density at radius 3 is 2.45 bits per heavy atom. The molecule has 5 heteroatoms. The molecule has 1 fully saturated rings. The van der Waals surface area contributed by atoms with E-state index in [-0.39, 0.29) is 11.8 Å². The van der Waals surface area contributed by atoms with Gasteiger partial charge in [0.15, 0.2) is 0 Å². The largest absolute Gasteiger partial charge is 0.399 e. The predicted octanol–water partition coefficient (Wildman–Crippen LogP) is 2.51. The molecule has 1 aromatic carbocycles. The minimum Gasteiger partial charge on any atom is -0.399 e. The molecule has 0 aromatic heterocycles. The fraction of sp³-hybridized carbons (Fsp3) is 0.600. The Hall–Kier alpha value is -1.07. The summed E-state index contributed by atoms with van der Waals surface area (Å²) in [5, 5.41) is 0. The number of rotatable bonds is 4. The van der Waals surface area contributed by atoms with Gasteiger partial charge in [0.05, 0.1) is 5.75 Å². The smallest absolute Gasteiger partial charge is 0.216 e. The van der Waals surface area contributed by atoms with Crippen molar-refractivity contribution in [1.29, 1.82) is 0 Å². The molecule has 0 spiro atoms. The van der Waals surface area contributed by atoms with Crippen LogP contribution in [-0.4, -0.2) is 14.5 Å². The molecule has 3 atom stereocenters. The standard InChI is InChI=1S/C15H24N2O2S/c1-11-3-8-15(12(2)9-11)17-20(18,19)10-13-4-6-14(16)7-5-13/h4-7,11-12,15,17H,3,8-10,16H2,1-2H3. The van der Waals surface area contributed by atoms with Gasteiger partial charge in [-0.25, -0.2) is 13.1 Å². The Kier molecular flexibility index (Phi) is 4.70. The van der Waals surface area contributed by atoms with Crippen LogP contribution in [0.15, 0.2) is 24.3 Å². The van der Waals surface area contributed by atoms with E-state index >= 15 is 0 Å². The first kappa shape index (κ1) is 15.3. The Balaban J connectivity index is 1.98. The van der Waals surface area contributed by atoms with Crippen LogP contribution in [0.1, 0.15) is 38.7 Å². The van der Waals surface area contributed by atoms with Crippen LogP contribution in [-0.2, 0) is 15.8 Å². The summed E-state index contributed by atoms with van der Waals surface area (Å²) in [6.07, 6.45) is 3.12. The van der Waals surface area contributed by atoms with E-state index in [1.54, 1.807) is 24.3 Å². The van der Waals surface area contributed by atoms with Crippen LogP contribution in [0.25, 0.3) is 0 Å². The maximum absolute atomic E-state index is 12.2. The van der Waals surface area contributed by atoms with Crippen LogP contribution < -0.4 is 10.5 Å². The van der Waals surface area contributed by atoms with Crippen molar-refractivity contribution in [2.75, 3.05) is 5.73 Å². The highest BCUT2D eigenvalue weighted by molar-refractivity contribution is 7.88. The lowest BCUT2D eigenvalue weighted by molar-refractivity contribution is 0.249. The van der Waals surface area contributed by atoms with Crippen molar-refractivity contribution in [3.05, 3.63) is 29.8 Å². The van der Waals surface area contributed by atoms with Crippen LogP contribution in [0.5, 0.6) is 0 Å². The van der Waals surface area contributed by atoms with Crippen LogP contribution >= 0.6 is 0 Å². The lowest BCUT2D eigenvalue weighted by Crippen LogP contribution is -2.42. The molecule has 0 aliphatic heterocycles. The summed E-state index contributed by atoms with van der Waals surface area (Å²) in [7, 11) is -3.29. The molecule has 3 unspecified atom stereocenters. The minimum absolute atomic E-state index is 0.0199. The Labute approximate surface area is 121 Å². The zero-order valence-corrected chi connectivity index (χ0v) is 13.0. The normalized spacial score (nSPS) is 27.4. The van der Waals surface area contributed by atoms with Gasteiger partial charge in [-0.1, -0.05) is 26.0 Å². The third kappa shape index (κ3) is 4.21. The van der Waals surface area contributed by atoms with E-state index in [0.717, 1.165) is 24.8 Å². The van der Waals surface area contributed by atoms with E-state index < -0.39 is 10.0 Å². The summed E-state index contributed by atoms with van der Waals surface area (Å²) in [6, 6.07) is 7.07. The van der Waals surface area contributed by atoms with Gasteiger partial charge in [0.1, 0.15) is 0 Å². The second-order valence-electron chi connectivity index (χ2n) is 6.12. The number of benzene rings is 1. The number of sulfonamides is 1. The highest BCUT2D eigenvalue weighted by Gasteiger charge is 2.28. The van der Waals surface area contributed by atoms with E-state index in [1.165, 1.54) is 0 Å². The van der Waals surface area contributed by atoms with Crippen molar-refractivity contribution in [3.63, 3.8) is 0 Å². The average molecular weight is 296 g/mol. The summed E-state index contributed by atoms with van der Waals surface area (Å²) < 4.78 is 27.3. The van der Waals surface area contributed by atoms with Crippen LogP contribution in [0.2, 0.25) is 0 Å². The third-order valence-electron chi connectivity index (χ3n) is 4.10. The SMILES string of the molecule is CC1CCC(NS(=O)(=O)Cc2ccc(N)cc2)C(C)C1. The highest BCUT2D eigenvalue weighted by atomic mass is 32.2. The number of nitrogens with two attached hydrogens (primary N) is 1. The van der Waals surface area contributed by atoms with Gasteiger partial charge in [0.2, 0.25) is 10.0 Å². The van der Waals surface area contributed by atoms with Gasteiger partial charge >= 0.3 is 0 Å². The zero-order chi connectivity index (χ0) is 14.8. The Morgan fingerprint density at radius 2 is 1.85 bits per heavy atom. The van der Waals surface area contributed by atoms with Crippen molar-refractivity contribution < 1.29 is 8.42 Å². The molecule has 0 saturated heterocycles. The third-order valence-corrected chi connectivity index (χ3v) is 5.47. The molecule has 1 aliphatic carbocycles. The molecule has 3 N–H and O–H groups in total. The molecule has 0 heterocycles. The summed E-state index contributed by atoms with van der Waals surface area (Å²) in [4.78, 5) is 0. The molecule has 20 heavy (non-hydrogen) atoms. The molecule has 2 rings (SSSR count). The van der Waals surface area contributed by atoms with E-state index in [9.17, 15) is 8.42 Å². The predicted molar refractivity (Wildman–Crippen MR) is 82.6 cm³/mol.